The van der Waals surface area contributed by atoms with Crippen molar-refractivity contribution >= 4 is 44.6 Å². The van der Waals surface area contributed by atoms with Crippen LogP contribution in [0.3, 0.4) is 0 Å². The molecule has 0 unspecified atom stereocenters. The van der Waals surface area contributed by atoms with Gasteiger partial charge in [-0.1, -0.05) is 153 Å². The molecule has 2 aromatic heterocycles. The fraction of sp³-hybridized carbons (Fsp3) is 0.200. The molecule has 334 valence electrons. The molecule has 7 aromatic carbocycles. The van der Waals surface area contributed by atoms with Crippen LogP contribution in [0.2, 0.25) is 0 Å². The quantitative estimate of drug-likeness (QED) is 0.149. The Labute approximate surface area is 405 Å². The molecule has 10 rings (SSSR count). The number of para-hydroxylation sites is 3. The third kappa shape index (κ3) is 8.46. The van der Waals surface area contributed by atoms with Crippen molar-refractivity contribution in [2.75, 3.05) is 9.80 Å². The molecule has 1 aliphatic heterocycles. The summed E-state index contributed by atoms with van der Waals surface area (Å²) in [6.45, 7) is 22.7. The van der Waals surface area contributed by atoms with Crippen molar-refractivity contribution in [1.82, 2.24) is 9.55 Å². The maximum Gasteiger partial charge on any atom is 0.136 e. The fourth-order valence-corrected chi connectivity index (χ4v) is 9.01. The summed E-state index contributed by atoms with van der Waals surface area (Å²) < 4.78 is 8.89. The maximum absolute atomic E-state index is 6.68. The summed E-state index contributed by atoms with van der Waals surface area (Å²) in [5, 5.41) is 2.21. The van der Waals surface area contributed by atoms with E-state index in [4.69, 9.17) is 9.72 Å². The largest absolute Gasteiger partial charge is 0.509 e. The van der Waals surface area contributed by atoms with E-state index in [9.17, 15) is 0 Å². The number of benzene rings is 7. The van der Waals surface area contributed by atoms with Gasteiger partial charge in [-0.2, -0.15) is 12.1 Å². The van der Waals surface area contributed by atoms with Crippen molar-refractivity contribution in [3.63, 3.8) is 0 Å². The van der Waals surface area contributed by atoms with E-state index in [2.05, 4.69) is 235 Å². The van der Waals surface area contributed by atoms with Gasteiger partial charge in [0, 0.05) is 61.3 Å². The Morgan fingerprint density at radius 2 is 1.21 bits per heavy atom. The first kappa shape index (κ1) is 44.8. The van der Waals surface area contributed by atoms with E-state index in [-0.39, 0.29) is 37.3 Å². The van der Waals surface area contributed by atoms with Crippen LogP contribution in [-0.4, -0.2) is 9.55 Å². The smallest absolute Gasteiger partial charge is 0.136 e. The van der Waals surface area contributed by atoms with Gasteiger partial charge in [0.05, 0.1) is 0 Å². The van der Waals surface area contributed by atoms with Crippen LogP contribution in [0.5, 0.6) is 11.5 Å². The van der Waals surface area contributed by atoms with Crippen LogP contribution in [0.25, 0.3) is 49.9 Å². The van der Waals surface area contributed by atoms with E-state index in [1.54, 1.807) is 0 Å². The molecule has 0 saturated carbocycles. The predicted molar refractivity (Wildman–Crippen MR) is 271 cm³/mol. The van der Waals surface area contributed by atoms with Gasteiger partial charge in [-0.25, -0.2) is 4.98 Å². The zero-order valence-electron chi connectivity index (χ0n) is 39.2. The van der Waals surface area contributed by atoms with Gasteiger partial charge in [-0.15, -0.1) is 48.1 Å². The van der Waals surface area contributed by atoms with Crippen LogP contribution in [0.15, 0.2) is 164 Å². The van der Waals surface area contributed by atoms with E-state index >= 15 is 0 Å². The second-order valence-corrected chi connectivity index (χ2v) is 20.3. The molecule has 0 atom stereocenters. The summed E-state index contributed by atoms with van der Waals surface area (Å²) in [7, 11) is 0. The van der Waals surface area contributed by atoms with Gasteiger partial charge in [-0.3, -0.25) is 0 Å². The van der Waals surface area contributed by atoms with Crippen LogP contribution >= 0.6 is 0 Å². The topological polar surface area (TPSA) is 33.5 Å². The first-order chi connectivity index (χ1) is 31.1. The first-order valence-corrected chi connectivity index (χ1v) is 22.6. The zero-order valence-corrected chi connectivity index (χ0v) is 41.5. The van der Waals surface area contributed by atoms with Crippen molar-refractivity contribution in [3.8, 4) is 39.6 Å². The molecule has 0 spiro atoms. The molecule has 9 aromatic rings. The van der Waals surface area contributed by atoms with Crippen LogP contribution in [0.1, 0.15) is 79.0 Å². The van der Waals surface area contributed by atoms with Gasteiger partial charge in [0.25, 0.3) is 0 Å². The van der Waals surface area contributed by atoms with E-state index in [0.717, 1.165) is 55.9 Å². The Morgan fingerprint density at radius 1 is 0.515 bits per heavy atom. The summed E-state index contributed by atoms with van der Waals surface area (Å²) >= 11 is 0. The normalized spacial score (nSPS) is 13.0. The summed E-state index contributed by atoms with van der Waals surface area (Å²) in [6.07, 6.45) is 1.92. The molecule has 0 fully saturated rings. The van der Waals surface area contributed by atoms with Gasteiger partial charge < -0.3 is 19.1 Å². The third-order valence-corrected chi connectivity index (χ3v) is 12.6. The number of hydrogen-bond acceptors (Lipinski definition) is 4. The number of rotatable bonds is 7. The van der Waals surface area contributed by atoms with E-state index in [1.165, 1.54) is 33.4 Å². The van der Waals surface area contributed by atoms with Gasteiger partial charge in [0.2, 0.25) is 0 Å². The average molecular weight is 1040 g/mol. The van der Waals surface area contributed by atoms with Crippen LogP contribution in [0, 0.1) is 18.8 Å². The monoisotopic (exact) mass is 1040 g/mol. The van der Waals surface area contributed by atoms with Crippen molar-refractivity contribution < 1.29 is 25.8 Å². The summed E-state index contributed by atoms with van der Waals surface area (Å²) in [4.78, 5) is 9.47. The number of hydrogen-bond donors (Lipinski definition) is 0. The minimum absolute atomic E-state index is 0. The minimum atomic E-state index is -0.0541. The van der Waals surface area contributed by atoms with E-state index < -0.39 is 0 Å². The van der Waals surface area contributed by atoms with E-state index in [0.29, 0.717) is 11.5 Å². The first-order valence-electron chi connectivity index (χ1n) is 22.6. The van der Waals surface area contributed by atoms with E-state index in [1.807, 2.05) is 24.4 Å². The van der Waals surface area contributed by atoms with Crippen molar-refractivity contribution in [2.45, 2.75) is 78.6 Å². The predicted octanol–water partition coefficient (Wildman–Crippen LogP) is 16.2. The van der Waals surface area contributed by atoms with Crippen LogP contribution in [0.4, 0.5) is 22.7 Å². The molecule has 0 radical (unpaired) electrons. The molecule has 3 heterocycles. The molecule has 5 nitrogen and oxygen atoms in total. The van der Waals surface area contributed by atoms with Gasteiger partial charge in [-0.05, 0) is 103 Å². The fourth-order valence-electron chi connectivity index (χ4n) is 9.01. The van der Waals surface area contributed by atoms with Gasteiger partial charge >= 0.3 is 0 Å². The Kier molecular flexibility index (Phi) is 11.6. The summed E-state index contributed by atoms with van der Waals surface area (Å²) in [5.74, 6) is 2.02. The van der Waals surface area contributed by atoms with Gasteiger partial charge in [0.1, 0.15) is 5.82 Å². The number of ether oxygens (including phenoxy) is 1. The zero-order chi connectivity index (χ0) is 45.3. The molecule has 0 N–H and O–H groups in total. The number of pyridine rings is 1. The third-order valence-electron chi connectivity index (χ3n) is 12.6. The molecule has 0 amide bonds. The second-order valence-electron chi connectivity index (χ2n) is 20.3. The van der Waals surface area contributed by atoms with Crippen LogP contribution < -0.4 is 14.5 Å². The molecule has 0 aliphatic carbocycles. The molecular formula is C60H55N4OPt-3. The molecule has 1 aliphatic rings. The summed E-state index contributed by atoms with van der Waals surface area (Å²) in [5.41, 5.74) is 14.7. The van der Waals surface area contributed by atoms with Crippen LogP contribution in [-0.2, 0) is 37.3 Å². The Hall–Kier alpha value is -6.42. The van der Waals surface area contributed by atoms with Crippen molar-refractivity contribution in [2.24, 2.45) is 0 Å². The Bertz CT molecular complexity index is 3240. The van der Waals surface area contributed by atoms with Gasteiger partial charge in [0.15, 0.2) is 0 Å². The van der Waals surface area contributed by atoms with Crippen molar-refractivity contribution in [3.05, 3.63) is 199 Å². The molecular weight excluding hydrogens is 988 g/mol. The number of aromatic nitrogens is 2. The minimum Gasteiger partial charge on any atom is -0.509 e. The number of fused-ring (bicyclic) bond motifs is 4. The number of anilines is 4. The maximum atomic E-state index is 6.68. The average Bonchev–Trinajstić information content (AvgIpc) is 3.84. The SMILES string of the molecule is CC(C)(C)c1cc(-c2ccccc2)cc(N2[CH-]N(c3[c-]c(Oc4[c-]c5c(cc4)c4ccccc4n5-c4cc(-c5ccc(C(C)(C)C)cc5C(C)(C)C)ccn4)ccc3)c3ccccc32)c1.[Pt]. The molecule has 0 bridgehead atoms. The standard InChI is InChI=1S/C60H55N4O.Pt/c1-58(2,3)43-26-28-49(52(36-43)60(7,8)9)41-30-31-61-57(34-41)64-53-23-14-13-22-50(53)51-29-27-48(38-56(51)64)65-47-21-17-20-45(37-47)62-39-63(55-25-16-15-24-54(55)62)46-33-42(40-18-11-10-12-19-40)32-44(35-46)59(4,5)6;/h10-36,39H,1-9H3;/q-3;. The molecule has 6 heteroatoms. The Morgan fingerprint density at radius 3 is 1.95 bits per heavy atom. The Balaban J connectivity index is 0.00000548. The number of nitrogens with zero attached hydrogens (tertiary/aromatic N) is 4. The molecule has 66 heavy (non-hydrogen) atoms. The molecule has 0 saturated heterocycles. The van der Waals surface area contributed by atoms with Crippen molar-refractivity contribution in [1.29, 1.82) is 0 Å². The summed E-state index contributed by atoms with van der Waals surface area (Å²) in [6, 6.07) is 63.3. The second kappa shape index (κ2) is 17.1.